The van der Waals surface area contributed by atoms with Gasteiger partial charge in [-0.3, -0.25) is 14.6 Å². The molecule has 0 N–H and O–H groups in total. The lowest BCUT2D eigenvalue weighted by molar-refractivity contribution is -0.136. The smallest absolute Gasteiger partial charge is 0.228 e. The van der Waals surface area contributed by atoms with E-state index in [1.807, 2.05) is 23.1 Å². The second-order valence-corrected chi connectivity index (χ2v) is 6.40. The van der Waals surface area contributed by atoms with E-state index < -0.39 is 0 Å². The van der Waals surface area contributed by atoms with Crippen LogP contribution >= 0.6 is 0 Å². The van der Waals surface area contributed by atoms with Crippen molar-refractivity contribution in [2.75, 3.05) is 18.0 Å². The standard InChI is InChI=1S/C19H19N3O2/c23-18-10-16(13-22(18)17-6-3-8-20-11-17)19(24)21-9-7-14-4-1-2-5-15(14)12-21/h1-6,8,11,16H,7,9-10,12-13H2. The fraction of sp³-hybridized carbons (Fsp3) is 0.316. The number of carbonyl (C=O) groups is 2. The molecule has 1 aromatic carbocycles. The largest absolute Gasteiger partial charge is 0.338 e. The minimum atomic E-state index is -0.261. The molecule has 5 nitrogen and oxygen atoms in total. The predicted molar refractivity (Wildman–Crippen MR) is 90.3 cm³/mol. The minimum Gasteiger partial charge on any atom is -0.338 e. The first-order valence-corrected chi connectivity index (χ1v) is 8.28. The Morgan fingerprint density at radius 1 is 1.12 bits per heavy atom. The zero-order valence-electron chi connectivity index (χ0n) is 13.4. The zero-order valence-corrected chi connectivity index (χ0v) is 13.4. The highest BCUT2D eigenvalue weighted by molar-refractivity contribution is 6.00. The van der Waals surface area contributed by atoms with Crippen LogP contribution in [0.25, 0.3) is 0 Å². The fourth-order valence-corrected chi connectivity index (χ4v) is 3.58. The molecule has 1 fully saturated rings. The van der Waals surface area contributed by atoms with Crippen LogP contribution in [0.2, 0.25) is 0 Å². The lowest BCUT2D eigenvalue weighted by Crippen LogP contribution is -2.40. The van der Waals surface area contributed by atoms with Crippen molar-refractivity contribution in [1.29, 1.82) is 0 Å². The van der Waals surface area contributed by atoms with E-state index in [9.17, 15) is 9.59 Å². The van der Waals surface area contributed by atoms with Crippen LogP contribution in [0.5, 0.6) is 0 Å². The number of benzene rings is 1. The van der Waals surface area contributed by atoms with E-state index in [-0.39, 0.29) is 24.2 Å². The number of nitrogens with zero attached hydrogens (tertiary/aromatic N) is 3. The molecule has 122 valence electrons. The molecular weight excluding hydrogens is 302 g/mol. The Bertz CT molecular complexity index is 775. The highest BCUT2D eigenvalue weighted by Gasteiger charge is 2.37. The lowest BCUT2D eigenvalue weighted by atomic mass is 9.98. The number of pyridine rings is 1. The summed E-state index contributed by atoms with van der Waals surface area (Å²) in [5.41, 5.74) is 3.30. The van der Waals surface area contributed by atoms with Crippen molar-refractivity contribution in [2.24, 2.45) is 5.92 Å². The number of aromatic nitrogens is 1. The monoisotopic (exact) mass is 321 g/mol. The first kappa shape index (κ1) is 14.9. The average molecular weight is 321 g/mol. The number of hydrogen-bond acceptors (Lipinski definition) is 3. The Kier molecular flexibility index (Phi) is 3.76. The normalized spacial score (nSPS) is 20.2. The SMILES string of the molecule is O=C(C1CC(=O)N(c2cccnc2)C1)N1CCc2ccccc2C1. The molecule has 3 heterocycles. The molecule has 2 aliphatic heterocycles. The molecule has 1 saturated heterocycles. The van der Waals surface area contributed by atoms with Crippen LogP contribution in [0.3, 0.4) is 0 Å². The van der Waals surface area contributed by atoms with E-state index in [0.717, 1.165) is 18.7 Å². The molecule has 2 aliphatic rings. The average Bonchev–Trinajstić information content (AvgIpc) is 3.03. The third-order valence-electron chi connectivity index (χ3n) is 4.87. The Morgan fingerprint density at radius 2 is 1.96 bits per heavy atom. The van der Waals surface area contributed by atoms with Crippen LogP contribution in [0.4, 0.5) is 5.69 Å². The van der Waals surface area contributed by atoms with Gasteiger partial charge in [0.25, 0.3) is 0 Å². The van der Waals surface area contributed by atoms with Crippen molar-refractivity contribution >= 4 is 17.5 Å². The van der Waals surface area contributed by atoms with Gasteiger partial charge in [-0.25, -0.2) is 0 Å². The van der Waals surface area contributed by atoms with Crippen molar-refractivity contribution < 1.29 is 9.59 Å². The van der Waals surface area contributed by atoms with E-state index in [1.165, 1.54) is 11.1 Å². The molecule has 24 heavy (non-hydrogen) atoms. The van der Waals surface area contributed by atoms with Gasteiger partial charge in [-0.05, 0) is 29.7 Å². The molecule has 0 spiro atoms. The molecule has 0 bridgehead atoms. The molecule has 1 aromatic heterocycles. The molecule has 5 heteroatoms. The first-order valence-electron chi connectivity index (χ1n) is 8.28. The van der Waals surface area contributed by atoms with Crippen molar-refractivity contribution in [3.63, 3.8) is 0 Å². The van der Waals surface area contributed by atoms with Crippen LogP contribution < -0.4 is 4.90 Å². The fourth-order valence-electron chi connectivity index (χ4n) is 3.58. The van der Waals surface area contributed by atoms with Crippen LogP contribution in [0, 0.1) is 5.92 Å². The van der Waals surface area contributed by atoms with Gasteiger partial charge in [0.1, 0.15) is 0 Å². The van der Waals surface area contributed by atoms with Gasteiger partial charge in [0.2, 0.25) is 11.8 Å². The van der Waals surface area contributed by atoms with Crippen molar-refractivity contribution in [1.82, 2.24) is 9.88 Å². The van der Waals surface area contributed by atoms with E-state index in [1.54, 1.807) is 23.4 Å². The highest BCUT2D eigenvalue weighted by atomic mass is 16.2. The van der Waals surface area contributed by atoms with Crippen LogP contribution in [0.1, 0.15) is 17.5 Å². The Hall–Kier alpha value is -2.69. The van der Waals surface area contributed by atoms with E-state index in [0.29, 0.717) is 13.1 Å². The second kappa shape index (κ2) is 6.07. The molecule has 0 aliphatic carbocycles. The summed E-state index contributed by atoms with van der Waals surface area (Å²) in [6.07, 6.45) is 4.51. The second-order valence-electron chi connectivity index (χ2n) is 6.40. The zero-order chi connectivity index (χ0) is 16.5. The number of amides is 2. The number of carbonyl (C=O) groups excluding carboxylic acids is 2. The Labute approximate surface area is 140 Å². The highest BCUT2D eigenvalue weighted by Crippen LogP contribution is 2.27. The molecule has 2 amide bonds. The van der Waals surface area contributed by atoms with Gasteiger partial charge in [-0.2, -0.15) is 0 Å². The number of anilines is 1. The van der Waals surface area contributed by atoms with E-state index >= 15 is 0 Å². The van der Waals surface area contributed by atoms with Gasteiger partial charge >= 0.3 is 0 Å². The summed E-state index contributed by atoms with van der Waals surface area (Å²) in [6.45, 7) is 1.82. The van der Waals surface area contributed by atoms with Crippen molar-refractivity contribution in [3.05, 3.63) is 59.9 Å². The molecule has 0 radical (unpaired) electrons. The topological polar surface area (TPSA) is 53.5 Å². The number of hydrogen-bond donors (Lipinski definition) is 0. The van der Waals surface area contributed by atoms with Gasteiger partial charge in [0.05, 0.1) is 17.8 Å². The third-order valence-corrected chi connectivity index (χ3v) is 4.87. The van der Waals surface area contributed by atoms with Crippen molar-refractivity contribution in [2.45, 2.75) is 19.4 Å². The maximum atomic E-state index is 12.9. The molecule has 1 atom stereocenters. The minimum absolute atomic E-state index is 0.00115. The lowest BCUT2D eigenvalue weighted by Gasteiger charge is -2.30. The molecular formula is C19H19N3O2. The molecule has 0 saturated carbocycles. The predicted octanol–water partition coefficient (Wildman–Crippen LogP) is 2.02. The molecule has 1 unspecified atom stereocenters. The molecule has 4 rings (SSSR count). The van der Waals surface area contributed by atoms with Gasteiger partial charge in [0, 0.05) is 32.3 Å². The van der Waals surface area contributed by atoms with Gasteiger partial charge < -0.3 is 9.80 Å². The quantitative estimate of drug-likeness (QED) is 0.850. The van der Waals surface area contributed by atoms with Gasteiger partial charge in [0.15, 0.2) is 0 Å². The maximum Gasteiger partial charge on any atom is 0.228 e. The summed E-state index contributed by atoms with van der Waals surface area (Å²) in [6, 6.07) is 11.9. The van der Waals surface area contributed by atoms with Gasteiger partial charge in [-0.15, -0.1) is 0 Å². The summed E-state index contributed by atoms with van der Waals surface area (Å²) >= 11 is 0. The summed E-state index contributed by atoms with van der Waals surface area (Å²) in [4.78, 5) is 32.8. The Morgan fingerprint density at radius 3 is 2.75 bits per heavy atom. The van der Waals surface area contributed by atoms with Crippen LogP contribution in [0.15, 0.2) is 48.8 Å². The van der Waals surface area contributed by atoms with Crippen molar-refractivity contribution in [3.8, 4) is 0 Å². The first-order chi connectivity index (χ1) is 11.7. The van der Waals surface area contributed by atoms with Crippen LogP contribution in [-0.2, 0) is 22.6 Å². The Balaban J connectivity index is 1.47. The van der Waals surface area contributed by atoms with Gasteiger partial charge in [-0.1, -0.05) is 24.3 Å². The third kappa shape index (κ3) is 2.66. The molecule has 2 aromatic rings. The number of fused-ring (bicyclic) bond motifs is 1. The summed E-state index contributed by atoms with van der Waals surface area (Å²) in [5, 5.41) is 0. The van der Waals surface area contributed by atoms with E-state index in [4.69, 9.17) is 0 Å². The maximum absolute atomic E-state index is 12.9. The summed E-state index contributed by atoms with van der Waals surface area (Å²) in [7, 11) is 0. The van der Waals surface area contributed by atoms with E-state index in [2.05, 4.69) is 17.1 Å². The number of rotatable bonds is 2. The summed E-state index contributed by atoms with van der Waals surface area (Å²) < 4.78 is 0. The van der Waals surface area contributed by atoms with Crippen LogP contribution in [-0.4, -0.2) is 34.8 Å². The summed E-state index contributed by atoms with van der Waals surface area (Å²) in [5.74, 6) is -0.175.